The summed E-state index contributed by atoms with van der Waals surface area (Å²) >= 11 is 0. The zero-order valence-electron chi connectivity index (χ0n) is 5.97. The summed E-state index contributed by atoms with van der Waals surface area (Å²) in [5, 5.41) is 0. The lowest BCUT2D eigenvalue weighted by Gasteiger charge is -2.09. The van der Waals surface area contributed by atoms with Crippen LogP contribution in [0.15, 0.2) is 0 Å². The van der Waals surface area contributed by atoms with Gasteiger partial charge in [0.25, 0.3) is 0 Å². The maximum absolute atomic E-state index is 5.18. The van der Waals surface area contributed by atoms with Gasteiger partial charge in [-0.15, -0.1) is 0 Å². The predicted octanol–water partition coefficient (Wildman–Crippen LogP) is 0.510. The molecule has 0 bridgehead atoms. The van der Waals surface area contributed by atoms with Gasteiger partial charge in [-0.05, 0) is 0 Å². The monoisotopic (exact) mass is 128 g/mol. The Morgan fingerprint density at radius 1 is 1.44 bits per heavy atom. The second-order valence-electron chi connectivity index (χ2n) is 2.24. The van der Waals surface area contributed by atoms with E-state index >= 15 is 0 Å². The summed E-state index contributed by atoms with van der Waals surface area (Å²) in [5.41, 5.74) is 0. The van der Waals surface area contributed by atoms with Crippen molar-refractivity contribution < 1.29 is 9.31 Å². The molecule has 9 heavy (non-hydrogen) atoms. The van der Waals surface area contributed by atoms with Gasteiger partial charge < -0.3 is 4.74 Å². The minimum Gasteiger partial charge on any atom is -0.368 e. The largest absolute Gasteiger partial charge is 0.368 e. The Hall–Kier alpha value is -0.370. The Morgan fingerprint density at radius 3 is 2.67 bits per heavy atom. The Balaban J connectivity index is 2.30. The van der Waals surface area contributed by atoms with Crippen molar-refractivity contribution in [2.75, 3.05) is 26.3 Å². The van der Waals surface area contributed by atoms with E-state index in [0.29, 0.717) is 0 Å². The number of nitrogens with zero attached hydrogens (tertiary/aromatic N) is 1. The molecule has 1 fully saturated rings. The fraction of sp³-hybridized carbons (Fsp3) is 0.857. The summed E-state index contributed by atoms with van der Waals surface area (Å²) < 4.78 is 7.51. The van der Waals surface area contributed by atoms with E-state index in [4.69, 9.17) is 4.74 Å². The standard InChI is InChI=1S/C7H14NO/c1-2-3-8-4-6-9-7-5-8/h3H,2,4-7H2,1H3/q+1. The Bertz CT molecular complexity index is 101. The van der Waals surface area contributed by atoms with E-state index < -0.39 is 0 Å². The normalized spacial score (nSPS) is 19.9. The molecule has 0 aromatic carbocycles. The van der Waals surface area contributed by atoms with Gasteiger partial charge in [0.1, 0.15) is 19.4 Å². The number of ether oxygens (including phenoxy) is 1. The summed E-state index contributed by atoms with van der Waals surface area (Å²) in [6, 6.07) is 0. The van der Waals surface area contributed by atoms with E-state index in [1.165, 1.54) is 0 Å². The number of morpholine rings is 1. The van der Waals surface area contributed by atoms with Crippen LogP contribution in [0.4, 0.5) is 0 Å². The van der Waals surface area contributed by atoms with Crippen LogP contribution in [-0.4, -0.2) is 37.1 Å². The topological polar surface area (TPSA) is 12.2 Å². The van der Waals surface area contributed by atoms with Gasteiger partial charge in [0.05, 0.1) is 0 Å². The molecule has 2 heteroatoms. The average Bonchev–Trinajstić information content (AvgIpc) is 1.91. The van der Waals surface area contributed by atoms with Crippen LogP contribution in [0.3, 0.4) is 0 Å². The van der Waals surface area contributed by atoms with E-state index in [0.717, 1.165) is 32.7 Å². The van der Waals surface area contributed by atoms with Crippen LogP contribution >= 0.6 is 0 Å². The molecule has 0 atom stereocenters. The smallest absolute Gasteiger partial charge is 0.165 e. The van der Waals surface area contributed by atoms with Crippen LogP contribution in [0.5, 0.6) is 0 Å². The van der Waals surface area contributed by atoms with E-state index in [1.54, 1.807) is 0 Å². The lowest BCUT2D eigenvalue weighted by atomic mass is 10.4. The molecule has 0 radical (unpaired) electrons. The molecule has 0 N–H and O–H groups in total. The van der Waals surface area contributed by atoms with E-state index in [-0.39, 0.29) is 0 Å². The van der Waals surface area contributed by atoms with Gasteiger partial charge >= 0.3 is 0 Å². The van der Waals surface area contributed by atoms with Gasteiger partial charge in [-0.3, -0.25) is 0 Å². The summed E-state index contributed by atoms with van der Waals surface area (Å²) in [4.78, 5) is 0. The second-order valence-corrected chi connectivity index (χ2v) is 2.24. The first-order valence-corrected chi connectivity index (χ1v) is 3.58. The van der Waals surface area contributed by atoms with E-state index in [2.05, 4.69) is 17.7 Å². The van der Waals surface area contributed by atoms with Crippen molar-refractivity contribution in [2.24, 2.45) is 0 Å². The third-order valence-electron chi connectivity index (χ3n) is 1.49. The molecule has 0 aliphatic carbocycles. The number of hydrogen-bond donors (Lipinski definition) is 0. The maximum atomic E-state index is 5.18. The molecule has 0 saturated carbocycles. The van der Waals surface area contributed by atoms with Crippen molar-refractivity contribution in [1.82, 2.24) is 0 Å². The molecule has 0 unspecified atom stereocenters. The fourth-order valence-corrected chi connectivity index (χ4v) is 1.02. The second kappa shape index (κ2) is 3.62. The molecule has 1 heterocycles. The molecular weight excluding hydrogens is 114 g/mol. The van der Waals surface area contributed by atoms with Gasteiger partial charge in [0.15, 0.2) is 13.1 Å². The molecule has 0 spiro atoms. The van der Waals surface area contributed by atoms with Gasteiger partial charge in [-0.1, -0.05) is 6.92 Å². The number of hydrogen-bond acceptors (Lipinski definition) is 1. The molecule has 52 valence electrons. The quantitative estimate of drug-likeness (QED) is 0.469. The summed E-state index contributed by atoms with van der Waals surface area (Å²) in [7, 11) is 0. The van der Waals surface area contributed by atoms with Crippen molar-refractivity contribution in [2.45, 2.75) is 13.3 Å². The Kier molecular flexibility index (Phi) is 2.71. The van der Waals surface area contributed by atoms with Crippen LogP contribution < -0.4 is 0 Å². The average molecular weight is 128 g/mol. The first-order chi connectivity index (χ1) is 4.43. The van der Waals surface area contributed by atoms with Crippen molar-refractivity contribution in [3.8, 4) is 0 Å². The molecular formula is C7H14NO+. The highest BCUT2D eigenvalue weighted by Crippen LogP contribution is 1.87. The fourth-order valence-electron chi connectivity index (χ4n) is 1.02. The summed E-state index contributed by atoms with van der Waals surface area (Å²) in [6.07, 6.45) is 3.38. The maximum Gasteiger partial charge on any atom is 0.165 e. The third-order valence-corrected chi connectivity index (χ3v) is 1.49. The molecule has 2 nitrogen and oxygen atoms in total. The van der Waals surface area contributed by atoms with Crippen LogP contribution in [-0.2, 0) is 4.74 Å². The number of rotatable bonds is 1. The highest BCUT2D eigenvalue weighted by atomic mass is 16.5. The Labute approximate surface area is 56.1 Å². The lowest BCUT2D eigenvalue weighted by Crippen LogP contribution is -2.29. The first-order valence-electron chi connectivity index (χ1n) is 3.58. The predicted molar refractivity (Wildman–Crippen MR) is 37.2 cm³/mol. The van der Waals surface area contributed by atoms with Crippen LogP contribution in [0.2, 0.25) is 0 Å². The van der Waals surface area contributed by atoms with Gasteiger partial charge in [-0.25, -0.2) is 4.58 Å². The minimum absolute atomic E-state index is 0.899. The highest BCUT2D eigenvalue weighted by molar-refractivity contribution is 5.50. The van der Waals surface area contributed by atoms with E-state index in [1.807, 2.05) is 0 Å². The van der Waals surface area contributed by atoms with Crippen molar-refractivity contribution in [3.63, 3.8) is 0 Å². The van der Waals surface area contributed by atoms with Crippen molar-refractivity contribution >= 4 is 6.21 Å². The SMILES string of the molecule is CCC=[N+]1CCOCC1. The van der Waals surface area contributed by atoms with Crippen LogP contribution in [0.1, 0.15) is 13.3 Å². The molecule has 0 amide bonds. The van der Waals surface area contributed by atoms with Crippen LogP contribution in [0, 0.1) is 0 Å². The lowest BCUT2D eigenvalue weighted by molar-refractivity contribution is -0.545. The van der Waals surface area contributed by atoms with Gasteiger partial charge in [-0.2, -0.15) is 0 Å². The zero-order valence-corrected chi connectivity index (χ0v) is 5.97. The van der Waals surface area contributed by atoms with Gasteiger partial charge in [0.2, 0.25) is 0 Å². The molecule has 0 aromatic heterocycles. The molecule has 0 aromatic rings. The van der Waals surface area contributed by atoms with Crippen LogP contribution in [0.25, 0.3) is 0 Å². The molecule has 1 saturated heterocycles. The molecule has 1 aliphatic rings. The minimum atomic E-state index is 0.899. The van der Waals surface area contributed by atoms with Crippen molar-refractivity contribution in [3.05, 3.63) is 0 Å². The first kappa shape index (κ1) is 6.75. The third kappa shape index (κ3) is 2.14. The molecule has 1 rings (SSSR count). The zero-order chi connectivity index (χ0) is 6.53. The Morgan fingerprint density at radius 2 is 2.11 bits per heavy atom. The van der Waals surface area contributed by atoms with Crippen molar-refractivity contribution in [1.29, 1.82) is 0 Å². The summed E-state index contributed by atoms with van der Waals surface area (Å²) in [6.45, 7) is 6.12. The van der Waals surface area contributed by atoms with Gasteiger partial charge in [0, 0.05) is 6.42 Å². The van der Waals surface area contributed by atoms with E-state index in [9.17, 15) is 0 Å². The highest BCUT2D eigenvalue weighted by Gasteiger charge is 2.08. The summed E-state index contributed by atoms with van der Waals surface area (Å²) in [5.74, 6) is 0. The molecule has 1 aliphatic heterocycles.